The van der Waals surface area contributed by atoms with Gasteiger partial charge in [-0.25, -0.2) is 4.98 Å². The second-order valence-electron chi connectivity index (χ2n) is 4.70. The fourth-order valence-electron chi connectivity index (χ4n) is 2.20. The van der Waals surface area contributed by atoms with Crippen molar-refractivity contribution in [3.63, 3.8) is 0 Å². The molecule has 0 amide bonds. The van der Waals surface area contributed by atoms with E-state index in [0.29, 0.717) is 0 Å². The zero-order valence-electron chi connectivity index (χ0n) is 11.4. The number of nitrogen functional groups attached to an aromatic ring is 1. The third-order valence-electron chi connectivity index (χ3n) is 3.35. The van der Waals surface area contributed by atoms with Crippen molar-refractivity contribution >= 4 is 32.9 Å². The van der Waals surface area contributed by atoms with Crippen LogP contribution in [0.3, 0.4) is 0 Å². The van der Waals surface area contributed by atoms with Crippen LogP contribution in [0.25, 0.3) is 20.8 Å². The predicted octanol–water partition coefficient (Wildman–Crippen LogP) is 4.02. The quantitative estimate of drug-likeness (QED) is 0.450. The van der Waals surface area contributed by atoms with Crippen molar-refractivity contribution < 1.29 is 4.92 Å². The highest BCUT2D eigenvalue weighted by Crippen LogP contribution is 2.33. The summed E-state index contributed by atoms with van der Waals surface area (Å²) in [7, 11) is 0. The molecule has 5 nitrogen and oxygen atoms in total. The van der Waals surface area contributed by atoms with Crippen molar-refractivity contribution in [1.29, 1.82) is 0 Å². The molecule has 2 aromatic carbocycles. The van der Waals surface area contributed by atoms with Gasteiger partial charge in [0.1, 0.15) is 5.01 Å². The van der Waals surface area contributed by atoms with E-state index in [4.69, 9.17) is 5.73 Å². The fraction of sp³-hybridized carbons (Fsp3) is 0.133. The number of thiazole rings is 1. The molecular formula is C15H13N3O2S. The van der Waals surface area contributed by atoms with Crippen molar-refractivity contribution in [3.05, 3.63) is 52.1 Å². The SMILES string of the molecule is CCc1cc(-c2nc3ccc([N+](=O)[O-])cc3s2)ccc1N. The van der Waals surface area contributed by atoms with Crippen LogP contribution in [0.4, 0.5) is 11.4 Å². The standard InChI is InChI=1S/C15H13N3O2S/c1-2-9-7-10(3-5-12(9)16)15-17-13-6-4-11(18(19)20)8-14(13)21-15/h3-8H,2,16H2,1H3. The van der Waals surface area contributed by atoms with Gasteiger partial charge in [0.15, 0.2) is 0 Å². The Labute approximate surface area is 125 Å². The lowest BCUT2D eigenvalue weighted by atomic mass is 10.1. The molecular weight excluding hydrogens is 286 g/mol. The normalized spacial score (nSPS) is 10.9. The monoisotopic (exact) mass is 299 g/mol. The molecule has 0 unspecified atom stereocenters. The Kier molecular flexibility index (Phi) is 3.31. The minimum atomic E-state index is -0.392. The van der Waals surface area contributed by atoms with Crippen LogP contribution >= 0.6 is 11.3 Å². The highest BCUT2D eigenvalue weighted by Gasteiger charge is 2.12. The number of aryl methyl sites for hydroxylation is 1. The summed E-state index contributed by atoms with van der Waals surface area (Å²) in [5.41, 5.74) is 9.62. The van der Waals surface area contributed by atoms with E-state index in [1.54, 1.807) is 12.1 Å². The molecule has 0 spiro atoms. The number of anilines is 1. The number of nitro groups is 1. The van der Waals surface area contributed by atoms with Crippen molar-refractivity contribution in [1.82, 2.24) is 4.98 Å². The minimum absolute atomic E-state index is 0.0873. The molecule has 2 N–H and O–H groups in total. The third kappa shape index (κ3) is 2.45. The largest absolute Gasteiger partial charge is 0.399 e. The summed E-state index contributed by atoms with van der Waals surface area (Å²) in [5, 5.41) is 11.7. The van der Waals surface area contributed by atoms with E-state index in [1.807, 2.05) is 18.2 Å². The summed E-state index contributed by atoms with van der Waals surface area (Å²) < 4.78 is 0.814. The van der Waals surface area contributed by atoms with E-state index in [-0.39, 0.29) is 5.69 Å². The number of aromatic nitrogens is 1. The van der Waals surface area contributed by atoms with Gasteiger partial charge in [-0.1, -0.05) is 6.92 Å². The van der Waals surface area contributed by atoms with Gasteiger partial charge in [0, 0.05) is 23.4 Å². The molecule has 0 atom stereocenters. The van der Waals surface area contributed by atoms with Gasteiger partial charge in [-0.2, -0.15) is 0 Å². The molecule has 21 heavy (non-hydrogen) atoms. The van der Waals surface area contributed by atoms with Gasteiger partial charge in [0.05, 0.1) is 15.1 Å². The molecule has 0 aliphatic carbocycles. The van der Waals surface area contributed by atoms with E-state index in [9.17, 15) is 10.1 Å². The summed E-state index contributed by atoms with van der Waals surface area (Å²) in [6.07, 6.45) is 0.857. The molecule has 1 aromatic heterocycles. The second-order valence-corrected chi connectivity index (χ2v) is 5.73. The van der Waals surface area contributed by atoms with Crippen LogP contribution in [0.1, 0.15) is 12.5 Å². The van der Waals surface area contributed by atoms with Gasteiger partial charge in [-0.05, 0) is 36.2 Å². The summed E-state index contributed by atoms with van der Waals surface area (Å²) >= 11 is 1.45. The molecule has 3 aromatic rings. The Balaban J connectivity index is 2.10. The van der Waals surface area contributed by atoms with E-state index < -0.39 is 4.92 Å². The molecule has 0 saturated heterocycles. The molecule has 0 aliphatic heterocycles. The Morgan fingerprint density at radius 1 is 1.29 bits per heavy atom. The topological polar surface area (TPSA) is 82.0 Å². The predicted molar refractivity (Wildman–Crippen MR) is 85.5 cm³/mol. The smallest absolute Gasteiger partial charge is 0.270 e. The van der Waals surface area contributed by atoms with Gasteiger partial charge in [0.25, 0.3) is 5.69 Å². The first-order chi connectivity index (χ1) is 10.1. The highest BCUT2D eigenvalue weighted by atomic mass is 32.1. The zero-order valence-corrected chi connectivity index (χ0v) is 12.2. The highest BCUT2D eigenvalue weighted by molar-refractivity contribution is 7.21. The number of nitrogens with zero attached hydrogens (tertiary/aromatic N) is 2. The number of hydrogen-bond acceptors (Lipinski definition) is 5. The average molecular weight is 299 g/mol. The second kappa shape index (κ2) is 5.14. The maximum Gasteiger partial charge on any atom is 0.270 e. The first-order valence-corrected chi connectivity index (χ1v) is 7.34. The van der Waals surface area contributed by atoms with E-state index in [2.05, 4.69) is 11.9 Å². The number of hydrogen-bond donors (Lipinski definition) is 1. The van der Waals surface area contributed by atoms with Crippen LogP contribution in [-0.4, -0.2) is 9.91 Å². The van der Waals surface area contributed by atoms with Crippen LogP contribution in [-0.2, 0) is 6.42 Å². The zero-order chi connectivity index (χ0) is 15.0. The molecule has 3 rings (SSSR count). The van der Waals surface area contributed by atoms with Gasteiger partial charge < -0.3 is 5.73 Å². The molecule has 0 saturated carbocycles. The Morgan fingerprint density at radius 3 is 2.81 bits per heavy atom. The van der Waals surface area contributed by atoms with E-state index in [1.165, 1.54) is 17.4 Å². The van der Waals surface area contributed by atoms with Crippen LogP contribution in [0, 0.1) is 10.1 Å². The summed E-state index contributed by atoms with van der Waals surface area (Å²) in [6, 6.07) is 10.6. The van der Waals surface area contributed by atoms with E-state index in [0.717, 1.165) is 38.5 Å². The Morgan fingerprint density at radius 2 is 2.10 bits per heavy atom. The van der Waals surface area contributed by atoms with Crippen molar-refractivity contribution in [2.24, 2.45) is 0 Å². The van der Waals surface area contributed by atoms with Gasteiger partial charge >= 0.3 is 0 Å². The summed E-state index contributed by atoms with van der Waals surface area (Å²) in [4.78, 5) is 15.0. The molecule has 1 heterocycles. The van der Waals surface area contributed by atoms with Crippen LogP contribution in [0.2, 0.25) is 0 Å². The maximum absolute atomic E-state index is 10.8. The van der Waals surface area contributed by atoms with Gasteiger partial charge in [-0.3, -0.25) is 10.1 Å². The molecule has 106 valence electrons. The Bertz CT molecular complexity index is 842. The number of benzene rings is 2. The lowest BCUT2D eigenvalue weighted by Crippen LogP contribution is -1.92. The maximum atomic E-state index is 10.8. The van der Waals surface area contributed by atoms with Crippen LogP contribution in [0.5, 0.6) is 0 Å². The Hall–Kier alpha value is -2.47. The first-order valence-electron chi connectivity index (χ1n) is 6.52. The number of non-ortho nitro benzene ring substituents is 1. The molecule has 0 radical (unpaired) electrons. The van der Waals surface area contributed by atoms with Crippen molar-refractivity contribution in [3.8, 4) is 10.6 Å². The molecule has 0 bridgehead atoms. The minimum Gasteiger partial charge on any atom is -0.399 e. The third-order valence-corrected chi connectivity index (χ3v) is 4.42. The number of nitro benzene ring substituents is 1. The number of nitrogens with two attached hydrogens (primary N) is 1. The van der Waals surface area contributed by atoms with E-state index >= 15 is 0 Å². The number of rotatable bonds is 3. The summed E-state index contributed by atoms with van der Waals surface area (Å²) in [5.74, 6) is 0. The average Bonchev–Trinajstić information content (AvgIpc) is 2.90. The fourth-order valence-corrected chi connectivity index (χ4v) is 3.19. The molecule has 0 aliphatic rings. The molecule has 0 fully saturated rings. The lowest BCUT2D eigenvalue weighted by Gasteiger charge is -2.04. The number of fused-ring (bicyclic) bond motifs is 1. The van der Waals surface area contributed by atoms with Crippen LogP contribution < -0.4 is 5.73 Å². The first kappa shape index (κ1) is 13.5. The molecule has 6 heteroatoms. The van der Waals surface area contributed by atoms with Gasteiger partial charge in [0.2, 0.25) is 0 Å². The summed E-state index contributed by atoms with van der Waals surface area (Å²) in [6.45, 7) is 2.05. The van der Waals surface area contributed by atoms with Crippen molar-refractivity contribution in [2.45, 2.75) is 13.3 Å². The lowest BCUT2D eigenvalue weighted by molar-refractivity contribution is -0.384. The van der Waals surface area contributed by atoms with Crippen molar-refractivity contribution in [2.75, 3.05) is 5.73 Å². The van der Waals surface area contributed by atoms with Gasteiger partial charge in [-0.15, -0.1) is 11.3 Å². The van der Waals surface area contributed by atoms with Crippen LogP contribution in [0.15, 0.2) is 36.4 Å².